The van der Waals surface area contributed by atoms with Crippen LogP contribution in [-0.2, 0) is 10.0 Å². The standard InChI is InChI=1S/C14H22N2O4S/c15-11-1-7-14(8-2-11)20-9-10-21(18,19)16-12-3-5-13(17)6-4-12/h1-2,7-8,12-13,16-17H,3-6,9-10,15H2. The number of anilines is 1. The summed E-state index contributed by atoms with van der Waals surface area (Å²) >= 11 is 0. The summed E-state index contributed by atoms with van der Waals surface area (Å²) in [5.74, 6) is 0.511. The van der Waals surface area contributed by atoms with Gasteiger partial charge in [0.15, 0.2) is 0 Å². The summed E-state index contributed by atoms with van der Waals surface area (Å²) in [6, 6.07) is 6.75. The van der Waals surface area contributed by atoms with Gasteiger partial charge >= 0.3 is 0 Å². The number of benzene rings is 1. The number of hydrogen-bond donors (Lipinski definition) is 3. The summed E-state index contributed by atoms with van der Waals surface area (Å²) in [7, 11) is -3.36. The Morgan fingerprint density at radius 1 is 1.19 bits per heavy atom. The molecule has 0 aromatic heterocycles. The zero-order valence-corrected chi connectivity index (χ0v) is 12.7. The van der Waals surface area contributed by atoms with Crippen LogP contribution < -0.4 is 15.2 Å². The Labute approximate surface area is 125 Å². The number of nitrogens with one attached hydrogen (secondary N) is 1. The van der Waals surface area contributed by atoms with E-state index in [9.17, 15) is 13.5 Å². The van der Waals surface area contributed by atoms with Crippen molar-refractivity contribution in [1.29, 1.82) is 0 Å². The average molecular weight is 314 g/mol. The first kappa shape index (κ1) is 16.1. The van der Waals surface area contributed by atoms with Crippen molar-refractivity contribution in [3.63, 3.8) is 0 Å². The number of ether oxygens (including phenoxy) is 1. The zero-order chi connectivity index (χ0) is 15.3. The third kappa shape index (κ3) is 5.53. The second-order valence-corrected chi connectivity index (χ2v) is 7.23. The molecule has 1 aliphatic rings. The molecule has 1 saturated carbocycles. The molecule has 0 spiro atoms. The molecule has 1 aromatic rings. The normalized spacial score (nSPS) is 22.9. The third-order valence-electron chi connectivity index (χ3n) is 3.54. The number of sulfonamides is 1. The van der Waals surface area contributed by atoms with E-state index < -0.39 is 10.0 Å². The maximum atomic E-state index is 12.0. The van der Waals surface area contributed by atoms with E-state index in [-0.39, 0.29) is 24.5 Å². The molecule has 118 valence electrons. The first-order valence-corrected chi connectivity index (χ1v) is 8.76. The molecule has 0 heterocycles. The molecule has 1 aliphatic carbocycles. The van der Waals surface area contributed by atoms with Crippen LogP contribution in [0.25, 0.3) is 0 Å². The summed E-state index contributed by atoms with van der Waals surface area (Å²) < 4.78 is 32.0. The quantitative estimate of drug-likeness (QED) is 0.676. The van der Waals surface area contributed by atoms with Crippen LogP contribution in [0.2, 0.25) is 0 Å². The third-order valence-corrected chi connectivity index (χ3v) is 4.94. The minimum absolute atomic E-state index is 0.0741. The van der Waals surface area contributed by atoms with Crippen LogP contribution in [0.1, 0.15) is 25.7 Å². The molecule has 2 rings (SSSR count). The van der Waals surface area contributed by atoms with E-state index in [1.165, 1.54) is 0 Å². The first-order valence-electron chi connectivity index (χ1n) is 7.11. The van der Waals surface area contributed by atoms with E-state index in [0.29, 0.717) is 37.1 Å². The largest absolute Gasteiger partial charge is 0.492 e. The molecular weight excluding hydrogens is 292 g/mol. The van der Waals surface area contributed by atoms with E-state index in [1.54, 1.807) is 24.3 Å². The number of nitrogens with two attached hydrogens (primary N) is 1. The number of rotatable bonds is 6. The second kappa shape index (κ2) is 7.11. The molecule has 1 aromatic carbocycles. The maximum Gasteiger partial charge on any atom is 0.215 e. The number of aliphatic hydroxyl groups excluding tert-OH is 1. The van der Waals surface area contributed by atoms with Crippen LogP contribution in [0.5, 0.6) is 5.75 Å². The van der Waals surface area contributed by atoms with Crippen molar-refractivity contribution in [3.05, 3.63) is 24.3 Å². The highest BCUT2D eigenvalue weighted by Gasteiger charge is 2.23. The van der Waals surface area contributed by atoms with E-state index in [2.05, 4.69) is 4.72 Å². The van der Waals surface area contributed by atoms with Gasteiger partial charge < -0.3 is 15.6 Å². The molecule has 1 fully saturated rings. The Kier molecular flexibility index (Phi) is 5.44. The van der Waals surface area contributed by atoms with Crippen LogP contribution in [0.4, 0.5) is 5.69 Å². The van der Waals surface area contributed by atoms with E-state index in [1.807, 2.05) is 0 Å². The summed E-state index contributed by atoms with van der Waals surface area (Å²) in [4.78, 5) is 0. The lowest BCUT2D eigenvalue weighted by molar-refractivity contribution is 0.120. The summed E-state index contributed by atoms with van der Waals surface area (Å²) in [6.07, 6.45) is 2.36. The predicted molar refractivity (Wildman–Crippen MR) is 81.5 cm³/mol. The molecule has 0 amide bonds. The van der Waals surface area contributed by atoms with E-state index in [4.69, 9.17) is 10.5 Å². The average Bonchev–Trinajstić information content (AvgIpc) is 2.43. The van der Waals surface area contributed by atoms with Crippen LogP contribution in [-0.4, -0.2) is 38.0 Å². The van der Waals surface area contributed by atoms with Crippen LogP contribution in [0.15, 0.2) is 24.3 Å². The first-order chi connectivity index (χ1) is 9.94. The van der Waals surface area contributed by atoms with Crippen molar-refractivity contribution in [2.45, 2.75) is 37.8 Å². The molecule has 6 nitrogen and oxygen atoms in total. The monoisotopic (exact) mass is 314 g/mol. The fraction of sp³-hybridized carbons (Fsp3) is 0.571. The number of hydrogen-bond acceptors (Lipinski definition) is 5. The fourth-order valence-corrected chi connectivity index (χ4v) is 3.50. The van der Waals surface area contributed by atoms with Gasteiger partial charge in [0, 0.05) is 11.7 Å². The molecule has 7 heteroatoms. The molecule has 0 unspecified atom stereocenters. The zero-order valence-electron chi connectivity index (χ0n) is 11.9. The second-order valence-electron chi connectivity index (χ2n) is 5.36. The number of aliphatic hydroxyl groups is 1. The topological polar surface area (TPSA) is 102 Å². The highest BCUT2D eigenvalue weighted by molar-refractivity contribution is 7.89. The minimum atomic E-state index is -3.36. The molecule has 4 N–H and O–H groups in total. The highest BCUT2D eigenvalue weighted by Crippen LogP contribution is 2.19. The van der Waals surface area contributed by atoms with Gasteiger partial charge in [-0.05, 0) is 49.9 Å². The van der Waals surface area contributed by atoms with Crippen molar-refractivity contribution in [2.24, 2.45) is 0 Å². The minimum Gasteiger partial charge on any atom is -0.492 e. The smallest absolute Gasteiger partial charge is 0.215 e. The van der Waals surface area contributed by atoms with Gasteiger partial charge in [-0.1, -0.05) is 0 Å². The molecule has 0 aliphatic heterocycles. The van der Waals surface area contributed by atoms with Gasteiger partial charge in [0.2, 0.25) is 10.0 Å². The number of nitrogen functional groups attached to an aromatic ring is 1. The SMILES string of the molecule is Nc1ccc(OCCS(=O)(=O)NC2CCC(O)CC2)cc1. The lowest BCUT2D eigenvalue weighted by Crippen LogP contribution is -2.40. The fourth-order valence-electron chi connectivity index (χ4n) is 2.34. The van der Waals surface area contributed by atoms with E-state index >= 15 is 0 Å². The molecular formula is C14H22N2O4S. The molecule has 0 saturated heterocycles. The molecule has 0 bridgehead atoms. The van der Waals surface area contributed by atoms with Gasteiger partial charge in [0.05, 0.1) is 11.9 Å². The van der Waals surface area contributed by atoms with Crippen LogP contribution in [0.3, 0.4) is 0 Å². The van der Waals surface area contributed by atoms with Crippen LogP contribution in [0, 0.1) is 0 Å². The van der Waals surface area contributed by atoms with Gasteiger partial charge in [-0.3, -0.25) is 0 Å². The molecule has 0 atom stereocenters. The molecule has 21 heavy (non-hydrogen) atoms. The van der Waals surface area contributed by atoms with Gasteiger partial charge in [0.1, 0.15) is 12.4 Å². The Morgan fingerprint density at radius 3 is 2.43 bits per heavy atom. The van der Waals surface area contributed by atoms with Crippen molar-refractivity contribution < 1.29 is 18.3 Å². The van der Waals surface area contributed by atoms with E-state index in [0.717, 1.165) is 0 Å². The predicted octanol–water partition coefficient (Wildman–Crippen LogP) is 0.870. The Morgan fingerprint density at radius 2 is 1.81 bits per heavy atom. The molecule has 0 radical (unpaired) electrons. The van der Waals surface area contributed by atoms with Crippen molar-refractivity contribution in [1.82, 2.24) is 4.72 Å². The summed E-state index contributed by atoms with van der Waals surface area (Å²) in [6.45, 7) is 0.0919. The summed E-state index contributed by atoms with van der Waals surface area (Å²) in [5.41, 5.74) is 6.19. The Hall–Kier alpha value is -1.31. The van der Waals surface area contributed by atoms with Crippen molar-refractivity contribution in [2.75, 3.05) is 18.1 Å². The summed E-state index contributed by atoms with van der Waals surface area (Å²) in [5, 5.41) is 9.41. The van der Waals surface area contributed by atoms with Crippen LogP contribution >= 0.6 is 0 Å². The van der Waals surface area contributed by atoms with Crippen molar-refractivity contribution >= 4 is 15.7 Å². The van der Waals surface area contributed by atoms with Gasteiger partial charge in [0.25, 0.3) is 0 Å². The Bertz CT molecular complexity index is 537. The van der Waals surface area contributed by atoms with Gasteiger partial charge in [-0.15, -0.1) is 0 Å². The van der Waals surface area contributed by atoms with Gasteiger partial charge in [-0.25, -0.2) is 13.1 Å². The lowest BCUT2D eigenvalue weighted by atomic mass is 9.94. The maximum absolute atomic E-state index is 12.0. The van der Waals surface area contributed by atoms with Crippen molar-refractivity contribution in [3.8, 4) is 5.75 Å². The Balaban J connectivity index is 1.74. The van der Waals surface area contributed by atoms with Gasteiger partial charge in [-0.2, -0.15) is 0 Å². The lowest BCUT2D eigenvalue weighted by Gasteiger charge is -2.25. The highest BCUT2D eigenvalue weighted by atomic mass is 32.2.